The largest absolute Gasteiger partial charge is 0.466 e. The number of hydrogen-bond donors (Lipinski definition) is 0. The van der Waals surface area contributed by atoms with Gasteiger partial charge < -0.3 is 9.30 Å². The number of aldehydes is 1. The number of nitrogens with zero attached hydrogens (tertiary/aromatic N) is 2. The normalized spacial score (nSPS) is 11.2. The third-order valence-corrected chi connectivity index (χ3v) is 2.85. The predicted molar refractivity (Wildman–Crippen MR) is 74.0 cm³/mol. The highest BCUT2D eigenvalue weighted by Crippen LogP contribution is 2.12. The van der Waals surface area contributed by atoms with E-state index in [1.165, 1.54) is 30.0 Å². The first kappa shape index (κ1) is 14.6. The third kappa shape index (κ3) is 3.62. The van der Waals surface area contributed by atoms with E-state index in [1.807, 2.05) is 0 Å². The maximum atomic E-state index is 12.9. The van der Waals surface area contributed by atoms with Crippen molar-refractivity contribution in [2.24, 2.45) is 0 Å². The molecular formula is C15H13FN2O3. The summed E-state index contributed by atoms with van der Waals surface area (Å²) in [5.74, 6) is -0.668. The molecule has 0 atom stereocenters. The van der Waals surface area contributed by atoms with Crippen LogP contribution in [0.3, 0.4) is 0 Å². The van der Waals surface area contributed by atoms with Gasteiger partial charge in [0.1, 0.15) is 5.82 Å². The van der Waals surface area contributed by atoms with E-state index in [0.29, 0.717) is 17.4 Å². The Hall–Kier alpha value is -2.76. The molecule has 5 nitrogen and oxygen atoms in total. The number of carbonyl (C=O) groups is 2. The van der Waals surface area contributed by atoms with Gasteiger partial charge in [0.25, 0.3) is 0 Å². The average Bonchev–Trinajstić information content (AvgIpc) is 2.95. The van der Waals surface area contributed by atoms with Crippen LogP contribution in [0.1, 0.15) is 16.2 Å². The highest BCUT2D eigenvalue weighted by Gasteiger charge is 2.12. The maximum Gasteiger partial charge on any atom is 0.335 e. The van der Waals surface area contributed by atoms with Gasteiger partial charge in [-0.1, -0.05) is 12.1 Å². The lowest BCUT2D eigenvalue weighted by molar-refractivity contribution is -0.136. The van der Waals surface area contributed by atoms with Crippen LogP contribution in [0.25, 0.3) is 6.08 Å². The van der Waals surface area contributed by atoms with E-state index >= 15 is 0 Å². The molecule has 0 aliphatic carbocycles. The van der Waals surface area contributed by atoms with Crippen LogP contribution in [0.5, 0.6) is 0 Å². The van der Waals surface area contributed by atoms with E-state index in [-0.39, 0.29) is 18.2 Å². The van der Waals surface area contributed by atoms with Crippen LogP contribution >= 0.6 is 0 Å². The van der Waals surface area contributed by atoms with Crippen molar-refractivity contribution in [3.05, 3.63) is 59.4 Å². The second-order valence-corrected chi connectivity index (χ2v) is 4.24. The molecular weight excluding hydrogens is 275 g/mol. The van der Waals surface area contributed by atoms with Crippen LogP contribution in [0.2, 0.25) is 0 Å². The Morgan fingerprint density at radius 3 is 2.71 bits per heavy atom. The number of halogens is 1. The number of hydrogen-bond acceptors (Lipinski definition) is 4. The molecule has 2 rings (SSSR count). The molecule has 6 heteroatoms. The standard InChI is InChI=1S/C15H13FN2O3/c1-21-15(20)12(8-11-2-4-13(16)5-3-11)9-18-7-6-17-14(18)10-19/h2-8,10H,9H2,1H3/b12-8-. The van der Waals surface area contributed by atoms with Crippen LogP contribution in [-0.2, 0) is 16.1 Å². The van der Waals surface area contributed by atoms with Crippen molar-refractivity contribution in [3.8, 4) is 0 Å². The lowest BCUT2D eigenvalue weighted by atomic mass is 10.1. The Bertz CT molecular complexity index is 674. The maximum absolute atomic E-state index is 12.9. The minimum Gasteiger partial charge on any atom is -0.466 e. The van der Waals surface area contributed by atoms with Crippen molar-refractivity contribution in [1.29, 1.82) is 0 Å². The molecule has 108 valence electrons. The average molecular weight is 288 g/mol. The summed E-state index contributed by atoms with van der Waals surface area (Å²) >= 11 is 0. The van der Waals surface area contributed by atoms with Crippen LogP contribution in [0, 0.1) is 5.82 Å². The number of esters is 1. The van der Waals surface area contributed by atoms with Crippen molar-refractivity contribution in [3.63, 3.8) is 0 Å². The molecule has 1 aromatic heterocycles. The van der Waals surface area contributed by atoms with Crippen molar-refractivity contribution < 1.29 is 18.7 Å². The molecule has 0 radical (unpaired) electrons. The van der Waals surface area contributed by atoms with Gasteiger partial charge in [-0.15, -0.1) is 0 Å². The van der Waals surface area contributed by atoms with Gasteiger partial charge in [-0.3, -0.25) is 4.79 Å². The van der Waals surface area contributed by atoms with Crippen molar-refractivity contribution >= 4 is 18.3 Å². The quantitative estimate of drug-likeness (QED) is 0.480. The van der Waals surface area contributed by atoms with Crippen LogP contribution in [0.15, 0.2) is 42.2 Å². The fraction of sp³-hybridized carbons (Fsp3) is 0.133. The van der Waals surface area contributed by atoms with Gasteiger partial charge in [0.2, 0.25) is 0 Å². The van der Waals surface area contributed by atoms with Gasteiger partial charge in [-0.2, -0.15) is 0 Å². The van der Waals surface area contributed by atoms with E-state index in [4.69, 9.17) is 4.74 Å². The van der Waals surface area contributed by atoms with Crippen LogP contribution in [0.4, 0.5) is 4.39 Å². The summed E-state index contributed by atoms with van der Waals surface area (Å²) in [6, 6.07) is 5.70. The molecule has 0 aliphatic rings. The third-order valence-electron chi connectivity index (χ3n) is 2.85. The van der Waals surface area contributed by atoms with Crippen molar-refractivity contribution in [1.82, 2.24) is 9.55 Å². The van der Waals surface area contributed by atoms with Crippen LogP contribution < -0.4 is 0 Å². The second kappa shape index (κ2) is 6.60. The minimum absolute atomic E-state index is 0.137. The van der Waals surface area contributed by atoms with E-state index in [0.717, 1.165) is 0 Å². The molecule has 0 unspecified atom stereocenters. The zero-order valence-electron chi connectivity index (χ0n) is 11.3. The SMILES string of the molecule is COC(=O)/C(=C\c1ccc(F)cc1)Cn1ccnc1C=O. The molecule has 0 bridgehead atoms. The Labute approximate surface area is 120 Å². The van der Waals surface area contributed by atoms with Crippen molar-refractivity contribution in [2.45, 2.75) is 6.54 Å². The van der Waals surface area contributed by atoms with E-state index < -0.39 is 5.97 Å². The number of rotatable bonds is 5. The van der Waals surface area contributed by atoms with Gasteiger partial charge in [0, 0.05) is 12.4 Å². The predicted octanol–water partition coefficient (Wildman–Crippen LogP) is 2.09. The first-order valence-electron chi connectivity index (χ1n) is 6.15. The first-order valence-corrected chi connectivity index (χ1v) is 6.15. The van der Waals surface area contributed by atoms with Crippen LogP contribution in [-0.4, -0.2) is 28.9 Å². The van der Waals surface area contributed by atoms with Gasteiger partial charge in [0.15, 0.2) is 12.1 Å². The van der Waals surface area contributed by atoms with E-state index in [9.17, 15) is 14.0 Å². The molecule has 0 fully saturated rings. The number of methoxy groups -OCH3 is 1. The van der Waals surface area contributed by atoms with E-state index in [2.05, 4.69) is 4.98 Å². The second-order valence-electron chi connectivity index (χ2n) is 4.24. The number of carbonyl (C=O) groups excluding carboxylic acids is 2. The summed E-state index contributed by atoms with van der Waals surface area (Å²) in [7, 11) is 1.27. The molecule has 21 heavy (non-hydrogen) atoms. The lowest BCUT2D eigenvalue weighted by Gasteiger charge is -2.08. The molecule has 0 aliphatic heterocycles. The van der Waals surface area contributed by atoms with Gasteiger partial charge in [-0.25, -0.2) is 14.2 Å². The van der Waals surface area contributed by atoms with Gasteiger partial charge in [0.05, 0.1) is 19.2 Å². The van der Waals surface area contributed by atoms with E-state index in [1.54, 1.807) is 24.4 Å². The van der Waals surface area contributed by atoms with Gasteiger partial charge >= 0.3 is 5.97 Å². The molecule has 1 aromatic carbocycles. The number of aromatic nitrogens is 2. The summed E-state index contributed by atoms with van der Waals surface area (Å²) in [5.41, 5.74) is 0.981. The number of benzene rings is 1. The summed E-state index contributed by atoms with van der Waals surface area (Å²) in [6.45, 7) is 0.137. The number of imidazole rings is 1. The Morgan fingerprint density at radius 1 is 1.38 bits per heavy atom. The Morgan fingerprint density at radius 2 is 2.10 bits per heavy atom. The highest BCUT2D eigenvalue weighted by molar-refractivity contribution is 5.93. The Balaban J connectivity index is 2.32. The fourth-order valence-electron chi connectivity index (χ4n) is 1.82. The summed E-state index contributed by atoms with van der Waals surface area (Å²) in [5, 5.41) is 0. The summed E-state index contributed by atoms with van der Waals surface area (Å²) in [4.78, 5) is 26.5. The summed E-state index contributed by atoms with van der Waals surface area (Å²) < 4.78 is 19.1. The lowest BCUT2D eigenvalue weighted by Crippen LogP contribution is -2.13. The topological polar surface area (TPSA) is 61.2 Å². The molecule has 0 amide bonds. The highest BCUT2D eigenvalue weighted by atomic mass is 19.1. The monoisotopic (exact) mass is 288 g/mol. The number of ether oxygens (including phenoxy) is 1. The zero-order valence-corrected chi connectivity index (χ0v) is 11.3. The smallest absolute Gasteiger partial charge is 0.335 e. The minimum atomic E-state index is -0.523. The molecule has 1 heterocycles. The van der Waals surface area contributed by atoms with Gasteiger partial charge in [-0.05, 0) is 23.8 Å². The molecule has 0 N–H and O–H groups in total. The molecule has 0 spiro atoms. The van der Waals surface area contributed by atoms with Crippen molar-refractivity contribution in [2.75, 3.05) is 7.11 Å². The summed E-state index contributed by atoms with van der Waals surface area (Å²) in [6.07, 6.45) is 5.24. The Kier molecular flexibility index (Phi) is 4.61. The first-order chi connectivity index (χ1) is 10.1. The molecule has 0 saturated carbocycles. The zero-order chi connectivity index (χ0) is 15.2. The fourth-order valence-corrected chi connectivity index (χ4v) is 1.82. The molecule has 2 aromatic rings. The molecule has 0 saturated heterocycles.